The predicted octanol–water partition coefficient (Wildman–Crippen LogP) is 5.38. The van der Waals surface area contributed by atoms with Gasteiger partial charge in [0.2, 0.25) is 11.9 Å². The quantitative estimate of drug-likeness (QED) is 0.445. The molecule has 2 heterocycles. The van der Waals surface area contributed by atoms with Gasteiger partial charge in [0.25, 0.3) is 0 Å². The lowest BCUT2D eigenvalue weighted by atomic mass is 10.1. The number of rotatable bonds is 6. The van der Waals surface area contributed by atoms with E-state index in [9.17, 15) is 4.79 Å². The summed E-state index contributed by atoms with van der Waals surface area (Å²) in [6, 6.07) is 22.5. The standard InChI is InChI=1S/C23H21N5O.C2H6/c29-22(18-8-9-18)26-23-25-21-20(7-4-14-28(21)27-23)17-10-12-19(13-11-17)24-15-16-5-2-1-3-6-16;1-2/h1-7,10-14,18,24H,8-9,15H2,(H,26,27,29);1-2H3. The summed E-state index contributed by atoms with van der Waals surface area (Å²) in [5.74, 6) is 0.490. The fraction of sp³-hybridized carbons (Fsp3) is 0.240. The van der Waals surface area contributed by atoms with Crippen molar-refractivity contribution in [3.8, 4) is 11.1 Å². The van der Waals surface area contributed by atoms with Gasteiger partial charge in [-0.05, 0) is 48.2 Å². The smallest absolute Gasteiger partial charge is 0.249 e. The van der Waals surface area contributed by atoms with Gasteiger partial charge in [0.05, 0.1) is 0 Å². The lowest BCUT2D eigenvalue weighted by molar-refractivity contribution is -0.117. The number of hydrogen-bond donors (Lipinski definition) is 2. The molecule has 2 N–H and O–H groups in total. The van der Waals surface area contributed by atoms with Crippen molar-refractivity contribution >= 4 is 23.2 Å². The van der Waals surface area contributed by atoms with Gasteiger partial charge in [-0.25, -0.2) is 4.52 Å². The Balaban J connectivity index is 0.00000112. The highest BCUT2D eigenvalue weighted by Gasteiger charge is 2.30. The molecule has 2 aromatic heterocycles. The second-order valence-electron chi connectivity index (χ2n) is 7.31. The Morgan fingerprint density at radius 1 is 1.00 bits per heavy atom. The Bertz CT molecular complexity index is 1150. The maximum atomic E-state index is 12.0. The third kappa shape index (κ3) is 4.91. The van der Waals surface area contributed by atoms with Crippen LogP contribution >= 0.6 is 0 Å². The van der Waals surface area contributed by atoms with Gasteiger partial charge in [0, 0.05) is 29.9 Å². The second-order valence-corrected chi connectivity index (χ2v) is 7.31. The van der Waals surface area contributed by atoms with Gasteiger partial charge < -0.3 is 5.32 Å². The van der Waals surface area contributed by atoms with Gasteiger partial charge in [-0.15, -0.1) is 5.10 Å². The number of carbonyl (C=O) groups is 1. The van der Waals surface area contributed by atoms with E-state index in [2.05, 4.69) is 57.1 Å². The zero-order valence-electron chi connectivity index (χ0n) is 17.9. The molecule has 6 heteroatoms. The lowest BCUT2D eigenvalue weighted by Crippen LogP contribution is -2.14. The van der Waals surface area contributed by atoms with Crippen molar-refractivity contribution in [2.75, 3.05) is 10.6 Å². The summed E-state index contributed by atoms with van der Waals surface area (Å²) in [6.07, 6.45) is 3.75. The molecule has 2 aromatic carbocycles. The number of aromatic nitrogens is 3. The molecule has 0 spiro atoms. The lowest BCUT2D eigenvalue weighted by Gasteiger charge is -2.08. The van der Waals surface area contributed by atoms with Crippen LogP contribution in [-0.4, -0.2) is 20.5 Å². The number of fused-ring (bicyclic) bond motifs is 1. The van der Waals surface area contributed by atoms with Crippen LogP contribution < -0.4 is 10.6 Å². The van der Waals surface area contributed by atoms with Gasteiger partial charge in [-0.3, -0.25) is 10.1 Å². The Morgan fingerprint density at radius 2 is 1.74 bits per heavy atom. The van der Waals surface area contributed by atoms with E-state index in [0.29, 0.717) is 5.95 Å². The summed E-state index contributed by atoms with van der Waals surface area (Å²) in [5.41, 5.74) is 5.05. The molecule has 0 radical (unpaired) electrons. The SMILES string of the molecule is CC.O=C(Nc1nc2c(-c3ccc(NCc4ccccc4)cc3)cccn2n1)C1CC1. The Morgan fingerprint density at radius 3 is 2.45 bits per heavy atom. The number of carbonyl (C=O) groups excluding carboxylic acids is 1. The summed E-state index contributed by atoms with van der Waals surface area (Å²) >= 11 is 0. The van der Waals surface area contributed by atoms with Crippen LogP contribution in [0.1, 0.15) is 32.3 Å². The minimum absolute atomic E-state index is 0.0105. The van der Waals surface area contributed by atoms with Crippen LogP contribution in [0.25, 0.3) is 16.8 Å². The number of amides is 1. The van der Waals surface area contributed by atoms with Crippen LogP contribution in [0.5, 0.6) is 0 Å². The van der Waals surface area contributed by atoms with E-state index in [1.54, 1.807) is 4.52 Å². The first-order chi connectivity index (χ1) is 15.3. The number of nitrogens with one attached hydrogen (secondary N) is 2. The van der Waals surface area contributed by atoms with Crippen molar-refractivity contribution in [3.05, 3.63) is 78.5 Å². The molecule has 1 fully saturated rings. The van der Waals surface area contributed by atoms with Gasteiger partial charge in [0.1, 0.15) is 0 Å². The first kappa shape index (κ1) is 20.6. The molecule has 0 unspecified atom stereocenters. The zero-order valence-corrected chi connectivity index (χ0v) is 17.9. The van der Waals surface area contributed by atoms with E-state index in [1.165, 1.54) is 5.56 Å². The number of nitrogens with zero attached hydrogens (tertiary/aromatic N) is 3. The number of anilines is 2. The molecule has 1 amide bonds. The van der Waals surface area contributed by atoms with E-state index < -0.39 is 0 Å². The highest BCUT2D eigenvalue weighted by Crippen LogP contribution is 2.30. The van der Waals surface area contributed by atoms with Crippen molar-refractivity contribution in [3.63, 3.8) is 0 Å². The summed E-state index contributed by atoms with van der Waals surface area (Å²) < 4.78 is 1.71. The molecule has 0 bridgehead atoms. The van der Waals surface area contributed by atoms with Crippen LogP contribution in [0, 0.1) is 5.92 Å². The van der Waals surface area contributed by atoms with Crippen molar-refractivity contribution in [2.45, 2.75) is 33.2 Å². The van der Waals surface area contributed by atoms with E-state index in [1.807, 2.05) is 50.4 Å². The number of pyridine rings is 1. The van der Waals surface area contributed by atoms with Gasteiger partial charge >= 0.3 is 0 Å². The predicted molar refractivity (Wildman–Crippen MR) is 125 cm³/mol. The van der Waals surface area contributed by atoms with Crippen LogP contribution in [0.4, 0.5) is 11.6 Å². The second kappa shape index (κ2) is 9.43. The maximum Gasteiger partial charge on any atom is 0.249 e. The molecular formula is C25H27N5O. The molecule has 1 aliphatic rings. The Hall–Kier alpha value is -3.67. The number of benzene rings is 2. The first-order valence-electron chi connectivity index (χ1n) is 10.8. The monoisotopic (exact) mass is 413 g/mol. The van der Waals surface area contributed by atoms with E-state index in [-0.39, 0.29) is 11.8 Å². The molecule has 1 aliphatic carbocycles. The van der Waals surface area contributed by atoms with Crippen LogP contribution in [0.15, 0.2) is 72.9 Å². The maximum absolute atomic E-state index is 12.0. The van der Waals surface area contributed by atoms with Gasteiger partial charge in [-0.1, -0.05) is 56.3 Å². The summed E-state index contributed by atoms with van der Waals surface area (Å²) in [6.45, 7) is 4.78. The summed E-state index contributed by atoms with van der Waals surface area (Å²) in [7, 11) is 0. The molecule has 1 saturated carbocycles. The third-order valence-corrected chi connectivity index (χ3v) is 5.08. The third-order valence-electron chi connectivity index (χ3n) is 5.08. The van der Waals surface area contributed by atoms with Crippen molar-refractivity contribution in [2.24, 2.45) is 5.92 Å². The molecule has 158 valence electrons. The molecule has 0 atom stereocenters. The molecule has 0 aliphatic heterocycles. The van der Waals surface area contributed by atoms with E-state index in [0.717, 1.165) is 41.8 Å². The fourth-order valence-electron chi connectivity index (χ4n) is 3.31. The van der Waals surface area contributed by atoms with Crippen molar-refractivity contribution in [1.82, 2.24) is 14.6 Å². The average molecular weight is 414 g/mol. The largest absolute Gasteiger partial charge is 0.381 e. The zero-order chi connectivity index (χ0) is 21.6. The van der Waals surface area contributed by atoms with E-state index >= 15 is 0 Å². The van der Waals surface area contributed by atoms with Gasteiger partial charge in [-0.2, -0.15) is 4.98 Å². The topological polar surface area (TPSA) is 71.3 Å². The van der Waals surface area contributed by atoms with Crippen molar-refractivity contribution in [1.29, 1.82) is 0 Å². The fourth-order valence-corrected chi connectivity index (χ4v) is 3.31. The molecule has 4 aromatic rings. The first-order valence-corrected chi connectivity index (χ1v) is 10.8. The molecule has 0 saturated heterocycles. The van der Waals surface area contributed by atoms with Gasteiger partial charge in [0.15, 0.2) is 5.65 Å². The van der Waals surface area contributed by atoms with Crippen LogP contribution in [-0.2, 0) is 11.3 Å². The Labute approximate surface area is 182 Å². The highest BCUT2D eigenvalue weighted by molar-refractivity contribution is 5.93. The molecule has 6 nitrogen and oxygen atoms in total. The van der Waals surface area contributed by atoms with Crippen LogP contribution in [0.3, 0.4) is 0 Å². The van der Waals surface area contributed by atoms with Crippen LogP contribution in [0.2, 0.25) is 0 Å². The molecule has 31 heavy (non-hydrogen) atoms. The number of hydrogen-bond acceptors (Lipinski definition) is 4. The average Bonchev–Trinajstić information content (AvgIpc) is 3.60. The molecular weight excluding hydrogens is 386 g/mol. The Kier molecular flexibility index (Phi) is 6.26. The minimum Gasteiger partial charge on any atom is -0.381 e. The minimum atomic E-state index is 0.0105. The summed E-state index contributed by atoms with van der Waals surface area (Å²) in [4.78, 5) is 16.5. The highest BCUT2D eigenvalue weighted by atomic mass is 16.2. The van der Waals surface area contributed by atoms with E-state index in [4.69, 9.17) is 0 Å². The normalized spacial score (nSPS) is 12.7. The summed E-state index contributed by atoms with van der Waals surface area (Å²) in [5, 5.41) is 10.7. The van der Waals surface area contributed by atoms with Crippen molar-refractivity contribution < 1.29 is 4.79 Å². The molecule has 5 rings (SSSR count).